The van der Waals surface area contributed by atoms with Gasteiger partial charge in [-0.1, -0.05) is 24.3 Å². The first-order valence-electron chi connectivity index (χ1n) is 12.6. The lowest BCUT2D eigenvalue weighted by Crippen LogP contribution is -2.44. The summed E-state index contributed by atoms with van der Waals surface area (Å²) in [5.41, 5.74) is -1.80. The summed E-state index contributed by atoms with van der Waals surface area (Å²) in [6.45, 7) is -1.45. The summed E-state index contributed by atoms with van der Waals surface area (Å²) in [5, 5.41) is 10.9. The molecular weight excluding hydrogens is 623 g/mol. The van der Waals surface area contributed by atoms with E-state index < -0.39 is 59.5 Å². The summed E-state index contributed by atoms with van der Waals surface area (Å²) in [4.78, 5) is 56.2. The number of pyridine rings is 2. The van der Waals surface area contributed by atoms with Gasteiger partial charge in [0, 0.05) is 17.1 Å². The van der Waals surface area contributed by atoms with Crippen LogP contribution >= 0.6 is 15.9 Å². The Kier molecular flexibility index (Phi) is 7.62. The lowest BCUT2D eigenvalue weighted by molar-refractivity contribution is -0.0359. The molecule has 216 valence electrons. The van der Waals surface area contributed by atoms with E-state index in [4.69, 9.17) is 4.74 Å². The van der Waals surface area contributed by atoms with Crippen molar-refractivity contribution in [3.63, 3.8) is 0 Å². The van der Waals surface area contributed by atoms with Crippen molar-refractivity contribution in [2.45, 2.75) is 25.8 Å². The van der Waals surface area contributed by atoms with Crippen LogP contribution in [0.1, 0.15) is 49.1 Å². The van der Waals surface area contributed by atoms with Crippen LogP contribution in [0.5, 0.6) is 5.75 Å². The van der Waals surface area contributed by atoms with Gasteiger partial charge in [0.15, 0.2) is 11.3 Å². The van der Waals surface area contributed by atoms with Crippen molar-refractivity contribution in [2.75, 3.05) is 13.2 Å². The van der Waals surface area contributed by atoms with Crippen LogP contribution < -0.4 is 5.56 Å². The minimum absolute atomic E-state index is 0.0208. The van der Waals surface area contributed by atoms with Gasteiger partial charge in [-0.25, -0.2) is 18.0 Å². The van der Waals surface area contributed by atoms with Crippen molar-refractivity contribution in [3.8, 4) is 5.75 Å². The number of aromatic nitrogens is 2. The number of carbonyl (C=O) groups is 3. The Morgan fingerprint density at radius 2 is 1.64 bits per heavy atom. The third-order valence-corrected chi connectivity index (χ3v) is 7.58. The first-order chi connectivity index (χ1) is 19.9. The lowest BCUT2D eigenvalue weighted by atomic mass is 10.0. The van der Waals surface area contributed by atoms with Gasteiger partial charge in [0.05, 0.1) is 36.3 Å². The average molecular weight is 644 g/mol. The van der Waals surface area contributed by atoms with E-state index in [-0.39, 0.29) is 39.7 Å². The van der Waals surface area contributed by atoms with Crippen molar-refractivity contribution in [3.05, 3.63) is 103 Å². The summed E-state index contributed by atoms with van der Waals surface area (Å²) in [7, 11) is 0. The molecule has 2 aromatic heterocycles. The minimum atomic E-state index is -3.88. The van der Waals surface area contributed by atoms with Crippen LogP contribution in [-0.2, 0) is 17.7 Å². The number of imide groups is 1. The number of ether oxygens (including phenoxy) is 1. The number of hydrogen-bond donors (Lipinski definition) is 1. The van der Waals surface area contributed by atoms with Crippen LogP contribution in [0.4, 0.5) is 13.2 Å². The Morgan fingerprint density at radius 3 is 2.24 bits per heavy atom. The first-order valence-corrected chi connectivity index (χ1v) is 13.4. The molecule has 0 saturated heterocycles. The zero-order valence-corrected chi connectivity index (χ0v) is 23.5. The van der Waals surface area contributed by atoms with Crippen molar-refractivity contribution < 1.29 is 37.4 Å². The van der Waals surface area contributed by atoms with Gasteiger partial charge in [-0.3, -0.25) is 28.8 Å². The zero-order valence-electron chi connectivity index (χ0n) is 21.9. The Hall–Kier alpha value is -4.52. The summed E-state index contributed by atoms with van der Waals surface area (Å²) in [5.74, 6) is -8.25. The van der Waals surface area contributed by atoms with E-state index in [0.29, 0.717) is 20.6 Å². The maximum absolute atomic E-state index is 15.7. The molecule has 0 bridgehead atoms. The number of alkyl halides is 2. The van der Waals surface area contributed by atoms with E-state index in [0.717, 1.165) is 0 Å². The van der Waals surface area contributed by atoms with E-state index in [1.54, 1.807) is 0 Å². The summed E-state index contributed by atoms with van der Waals surface area (Å²) >= 11 is 3.34. The Bertz CT molecular complexity index is 1790. The van der Waals surface area contributed by atoms with Crippen LogP contribution in [0.3, 0.4) is 0 Å². The highest BCUT2D eigenvalue weighted by atomic mass is 79.9. The largest absolute Gasteiger partial charge is 0.505 e. The Labute approximate surface area is 244 Å². The van der Waals surface area contributed by atoms with Crippen molar-refractivity contribution >= 4 is 44.7 Å². The number of nitrogens with zero attached hydrogens (tertiary/aromatic N) is 3. The fourth-order valence-electron chi connectivity index (χ4n) is 4.77. The molecule has 5 rings (SSSR count). The van der Waals surface area contributed by atoms with E-state index in [9.17, 15) is 28.7 Å². The SMILES string of the molecule is CCOC(=O)c1c(O)c2ncc(Cc3ccc(F)cc3)c(Br)c2n(CC(F)(F)CN2C(=O)c3ccccc3C2=O)c1=O. The van der Waals surface area contributed by atoms with Gasteiger partial charge in [-0.15, -0.1) is 0 Å². The minimum Gasteiger partial charge on any atom is -0.505 e. The van der Waals surface area contributed by atoms with E-state index >= 15 is 8.78 Å². The molecule has 0 atom stereocenters. The molecule has 42 heavy (non-hydrogen) atoms. The van der Waals surface area contributed by atoms with Gasteiger partial charge in [-0.05, 0) is 58.2 Å². The molecule has 0 aliphatic carbocycles. The molecule has 9 nitrogen and oxygen atoms in total. The fourth-order valence-corrected chi connectivity index (χ4v) is 5.42. The van der Waals surface area contributed by atoms with Gasteiger partial charge in [-0.2, -0.15) is 0 Å². The molecule has 0 fully saturated rings. The number of rotatable bonds is 8. The second kappa shape index (κ2) is 11.0. The van der Waals surface area contributed by atoms with E-state index in [1.807, 2.05) is 0 Å². The van der Waals surface area contributed by atoms with Crippen LogP contribution in [0.2, 0.25) is 0 Å². The third-order valence-electron chi connectivity index (χ3n) is 6.70. The second-order valence-corrected chi connectivity index (χ2v) is 10.3. The predicted molar refractivity (Wildman–Crippen MR) is 147 cm³/mol. The summed E-state index contributed by atoms with van der Waals surface area (Å²) in [6, 6.07) is 11.2. The molecule has 3 heterocycles. The molecule has 13 heteroatoms. The molecule has 0 unspecified atom stereocenters. The smallest absolute Gasteiger partial charge is 0.347 e. The van der Waals surface area contributed by atoms with Gasteiger partial charge < -0.3 is 9.84 Å². The molecule has 4 aromatic rings. The quantitative estimate of drug-likeness (QED) is 0.218. The number of amides is 2. The highest BCUT2D eigenvalue weighted by molar-refractivity contribution is 9.10. The standard InChI is InChI=1S/C29H21BrF3N3O6/c1-2-42-28(41)20-24(37)22-23(21(30)16(12-34-22)11-15-7-9-17(31)10-8-15)35(27(20)40)13-29(32,33)14-36-25(38)18-5-3-4-6-19(18)26(36)39/h3-10,12,37H,2,11,13-14H2,1H3. The average Bonchev–Trinajstić information content (AvgIpc) is 3.18. The van der Waals surface area contributed by atoms with Crippen LogP contribution in [-0.4, -0.2) is 56.4 Å². The molecule has 2 amide bonds. The number of hydrogen-bond acceptors (Lipinski definition) is 7. The normalized spacial score (nSPS) is 13.1. The highest BCUT2D eigenvalue weighted by Crippen LogP contribution is 2.35. The van der Waals surface area contributed by atoms with E-state index in [1.165, 1.54) is 61.7 Å². The highest BCUT2D eigenvalue weighted by Gasteiger charge is 2.43. The molecular formula is C29H21BrF3N3O6. The summed E-state index contributed by atoms with van der Waals surface area (Å²) in [6.07, 6.45) is 1.46. The van der Waals surface area contributed by atoms with Gasteiger partial charge >= 0.3 is 5.97 Å². The second-order valence-electron chi connectivity index (χ2n) is 9.53. The van der Waals surface area contributed by atoms with Crippen molar-refractivity contribution in [1.29, 1.82) is 0 Å². The molecule has 0 spiro atoms. The molecule has 0 radical (unpaired) electrons. The number of benzene rings is 2. The molecule has 1 aliphatic heterocycles. The molecule has 0 saturated carbocycles. The Morgan fingerprint density at radius 1 is 1.02 bits per heavy atom. The van der Waals surface area contributed by atoms with Crippen LogP contribution in [0.25, 0.3) is 11.0 Å². The number of carbonyl (C=O) groups excluding carboxylic acids is 3. The van der Waals surface area contributed by atoms with Crippen molar-refractivity contribution in [2.24, 2.45) is 0 Å². The number of esters is 1. The number of halogens is 4. The lowest BCUT2D eigenvalue weighted by Gasteiger charge is -2.24. The van der Waals surface area contributed by atoms with Crippen LogP contribution in [0.15, 0.2) is 64.0 Å². The zero-order chi connectivity index (χ0) is 30.3. The maximum Gasteiger partial charge on any atom is 0.347 e. The van der Waals surface area contributed by atoms with Gasteiger partial charge in [0.1, 0.15) is 11.3 Å². The van der Waals surface area contributed by atoms with Crippen molar-refractivity contribution in [1.82, 2.24) is 14.5 Å². The van der Waals surface area contributed by atoms with Gasteiger partial charge in [0.2, 0.25) is 0 Å². The number of fused-ring (bicyclic) bond motifs is 2. The molecule has 2 aromatic carbocycles. The molecule has 1 aliphatic rings. The first kappa shape index (κ1) is 29.0. The monoisotopic (exact) mass is 643 g/mol. The predicted octanol–water partition coefficient (Wildman–Crippen LogP) is 4.70. The Balaban J connectivity index is 1.61. The fraction of sp³-hybridized carbons (Fsp3) is 0.207. The van der Waals surface area contributed by atoms with Crippen LogP contribution in [0, 0.1) is 5.82 Å². The summed E-state index contributed by atoms with van der Waals surface area (Å²) < 4.78 is 50.3. The third kappa shape index (κ3) is 5.15. The van der Waals surface area contributed by atoms with E-state index in [2.05, 4.69) is 20.9 Å². The topological polar surface area (TPSA) is 119 Å². The number of aromatic hydroxyl groups is 1. The maximum atomic E-state index is 15.7. The molecule has 1 N–H and O–H groups in total. The van der Waals surface area contributed by atoms with Gasteiger partial charge in [0.25, 0.3) is 23.3 Å².